The van der Waals surface area contributed by atoms with E-state index in [9.17, 15) is 0 Å². The molecule has 0 bridgehead atoms. The molecule has 0 spiro atoms. The zero-order valence-corrected chi connectivity index (χ0v) is 9.83. The number of pyridine rings is 1. The molecule has 16 heavy (non-hydrogen) atoms. The van der Waals surface area contributed by atoms with E-state index in [1.165, 1.54) is 0 Å². The van der Waals surface area contributed by atoms with Crippen molar-refractivity contribution < 1.29 is 0 Å². The van der Waals surface area contributed by atoms with Crippen molar-refractivity contribution >= 4 is 11.2 Å². The van der Waals surface area contributed by atoms with E-state index in [0.717, 1.165) is 41.8 Å². The van der Waals surface area contributed by atoms with Crippen molar-refractivity contribution in [2.75, 3.05) is 0 Å². The largest absolute Gasteiger partial charge is 0.341 e. The van der Waals surface area contributed by atoms with Gasteiger partial charge in [-0.2, -0.15) is 0 Å². The topological polar surface area (TPSA) is 67.6 Å². The predicted octanol–water partition coefficient (Wildman–Crippen LogP) is 1.94. The molecule has 0 aromatic carbocycles. The second-order valence-corrected chi connectivity index (χ2v) is 4.44. The van der Waals surface area contributed by atoms with Gasteiger partial charge in [0.1, 0.15) is 5.82 Å². The highest BCUT2D eigenvalue weighted by Gasteiger charge is 2.04. The number of aromatic amines is 1. The molecule has 3 N–H and O–H groups in total. The molecule has 2 aromatic rings. The zero-order valence-electron chi connectivity index (χ0n) is 9.83. The molecule has 0 saturated heterocycles. The second kappa shape index (κ2) is 4.61. The molecule has 0 fully saturated rings. The molecule has 2 aromatic heterocycles. The summed E-state index contributed by atoms with van der Waals surface area (Å²) in [5, 5.41) is 0. The molecule has 4 heteroatoms. The third-order valence-corrected chi connectivity index (χ3v) is 2.60. The second-order valence-electron chi connectivity index (χ2n) is 4.44. The first-order valence-corrected chi connectivity index (χ1v) is 5.72. The Balaban J connectivity index is 2.08. The minimum Gasteiger partial charge on any atom is -0.341 e. The number of hydrogen-bond acceptors (Lipinski definition) is 3. The number of nitrogens with zero attached hydrogens (tertiary/aromatic N) is 2. The Bertz CT molecular complexity index is 473. The number of imidazole rings is 1. The lowest BCUT2D eigenvalue weighted by atomic mass is 10.1. The first-order chi connectivity index (χ1) is 7.65. The fraction of sp³-hybridized carbons (Fsp3) is 0.500. The normalized spacial score (nSPS) is 13.2. The molecular weight excluding hydrogens is 200 g/mol. The van der Waals surface area contributed by atoms with Crippen LogP contribution >= 0.6 is 0 Å². The van der Waals surface area contributed by atoms with Gasteiger partial charge in [-0.15, -0.1) is 0 Å². The van der Waals surface area contributed by atoms with Gasteiger partial charge in [-0.05, 0) is 38.3 Å². The predicted molar refractivity (Wildman–Crippen MR) is 65.2 cm³/mol. The fourth-order valence-corrected chi connectivity index (χ4v) is 1.76. The highest BCUT2D eigenvalue weighted by atomic mass is 15.0. The van der Waals surface area contributed by atoms with Crippen LogP contribution in [0.25, 0.3) is 11.2 Å². The van der Waals surface area contributed by atoms with Gasteiger partial charge in [0.2, 0.25) is 0 Å². The van der Waals surface area contributed by atoms with Gasteiger partial charge >= 0.3 is 0 Å². The first-order valence-electron chi connectivity index (χ1n) is 5.72. The molecule has 0 amide bonds. The van der Waals surface area contributed by atoms with Gasteiger partial charge in [-0.25, -0.2) is 9.97 Å². The molecule has 1 unspecified atom stereocenters. The molecule has 4 nitrogen and oxygen atoms in total. The van der Waals surface area contributed by atoms with Crippen LogP contribution in [0.3, 0.4) is 0 Å². The first kappa shape index (κ1) is 11.1. The Morgan fingerprint density at radius 2 is 2.31 bits per heavy atom. The number of H-pyrrole nitrogens is 1. The monoisotopic (exact) mass is 218 g/mol. The summed E-state index contributed by atoms with van der Waals surface area (Å²) >= 11 is 0. The summed E-state index contributed by atoms with van der Waals surface area (Å²) in [6, 6.07) is 2.34. The van der Waals surface area contributed by atoms with E-state index in [0.29, 0.717) is 0 Å². The lowest BCUT2D eigenvalue weighted by Crippen LogP contribution is -2.14. The molecule has 2 heterocycles. The third-order valence-electron chi connectivity index (χ3n) is 2.60. The van der Waals surface area contributed by atoms with Crippen LogP contribution in [0, 0.1) is 6.92 Å². The molecule has 0 aliphatic heterocycles. The maximum atomic E-state index is 5.71. The Kier molecular flexibility index (Phi) is 3.19. The van der Waals surface area contributed by atoms with Crippen molar-refractivity contribution in [3.05, 3.63) is 23.7 Å². The SMILES string of the molecule is Cc1cnc2nc(CCCC(C)N)[nH]c2c1. The van der Waals surface area contributed by atoms with Gasteiger partial charge in [0, 0.05) is 18.7 Å². The third kappa shape index (κ3) is 2.58. The van der Waals surface area contributed by atoms with Crippen LogP contribution < -0.4 is 5.73 Å². The van der Waals surface area contributed by atoms with Crippen LogP contribution in [-0.4, -0.2) is 21.0 Å². The smallest absolute Gasteiger partial charge is 0.177 e. The summed E-state index contributed by atoms with van der Waals surface area (Å²) in [6.45, 7) is 4.06. The van der Waals surface area contributed by atoms with E-state index in [1.807, 2.05) is 20.0 Å². The van der Waals surface area contributed by atoms with Crippen LogP contribution in [-0.2, 0) is 6.42 Å². The highest BCUT2D eigenvalue weighted by Crippen LogP contribution is 2.11. The molecule has 1 atom stereocenters. The summed E-state index contributed by atoms with van der Waals surface area (Å²) in [5.74, 6) is 1.01. The zero-order chi connectivity index (χ0) is 11.5. The van der Waals surface area contributed by atoms with Gasteiger partial charge in [0.25, 0.3) is 0 Å². The molecule has 86 valence electrons. The summed E-state index contributed by atoms with van der Waals surface area (Å²) < 4.78 is 0. The van der Waals surface area contributed by atoms with E-state index in [4.69, 9.17) is 5.73 Å². The summed E-state index contributed by atoms with van der Waals surface area (Å²) in [4.78, 5) is 12.0. The van der Waals surface area contributed by atoms with Crippen LogP contribution in [0.2, 0.25) is 0 Å². The van der Waals surface area contributed by atoms with Crippen molar-refractivity contribution in [3.8, 4) is 0 Å². The lowest BCUT2D eigenvalue weighted by Gasteiger charge is -2.01. The minimum absolute atomic E-state index is 0.268. The van der Waals surface area contributed by atoms with Crippen molar-refractivity contribution in [1.82, 2.24) is 15.0 Å². The number of fused-ring (bicyclic) bond motifs is 1. The van der Waals surface area contributed by atoms with Gasteiger partial charge in [0.05, 0.1) is 5.52 Å². The van der Waals surface area contributed by atoms with Gasteiger partial charge in [-0.3, -0.25) is 0 Å². The number of aryl methyl sites for hydroxylation is 2. The summed E-state index contributed by atoms with van der Waals surface area (Å²) in [6.07, 6.45) is 4.88. The van der Waals surface area contributed by atoms with Gasteiger partial charge in [0.15, 0.2) is 5.65 Å². The summed E-state index contributed by atoms with van der Waals surface area (Å²) in [5.41, 5.74) is 8.69. The van der Waals surface area contributed by atoms with Crippen LogP contribution in [0.15, 0.2) is 12.3 Å². The highest BCUT2D eigenvalue weighted by molar-refractivity contribution is 5.70. The van der Waals surface area contributed by atoms with E-state index in [2.05, 4.69) is 21.0 Å². The molecule has 0 aliphatic rings. The minimum atomic E-state index is 0.268. The Hall–Kier alpha value is -1.42. The van der Waals surface area contributed by atoms with E-state index >= 15 is 0 Å². The molecule has 0 aliphatic carbocycles. The fourth-order valence-electron chi connectivity index (χ4n) is 1.76. The van der Waals surface area contributed by atoms with E-state index < -0.39 is 0 Å². The average Bonchev–Trinajstić information content (AvgIpc) is 2.58. The van der Waals surface area contributed by atoms with Crippen LogP contribution in [0.1, 0.15) is 31.2 Å². The standard InChI is InChI=1S/C12H18N4/c1-8-6-10-12(14-7-8)16-11(15-10)5-3-4-9(2)13/h6-7,9H,3-5,13H2,1-2H3,(H,14,15,16). The quantitative estimate of drug-likeness (QED) is 0.824. The van der Waals surface area contributed by atoms with Crippen molar-refractivity contribution in [1.29, 1.82) is 0 Å². The molecule has 0 saturated carbocycles. The number of hydrogen-bond donors (Lipinski definition) is 2. The number of aromatic nitrogens is 3. The molecule has 0 radical (unpaired) electrons. The van der Waals surface area contributed by atoms with Crippen LogP contribution in [0.4, 0.5) is 0 Å². The van der Waals surface area contributed by atoms with Crippen molar-refractivity contribution in [3.63, 3.8) is 0 Å². The Labute approximate surface area is 95.3 Å². The van der Waals surface area contributed by atoms with Crippen molar-refractivity contribution in [2.24, 2.45) is 5.73 Å². The van der Waals surface area contributed by atoms with E-state index in [-0.39, 0.29) is 6.04 Å². The Morgan fingerprint density at radius 1 is 1.50 bits per heavy atom. The van der Waals surface area contributed by atoms with Crippen molar-refractivity contribution in [2.45, 2.75) is 39.2 Å². The lowest BCUT2D eigenvalue weighted by molar-refractivity contribution is 0.616. The number of rotatable bonds is 4. The maximum absolute atomic E-state index is 5.71. The molecular formula is C12H18N4. The van der Waals surface area contributed by atoms with Crippen LogP contribution in [0.5, 0.6) is 0 Å². The maximum Gasteiger partial charge on any atom is 0.177 e. The number of nitrogens with one attached hydrogen (secondary N) is 1. The Morgan fingerprint density at radius 3 is 3.06 bits per heavy atom. The van der Waals surface area contributed by atoms with Gasteiger partial charge < -0.3 is 10.7 Å². The summed E-state index contributed by atoms with van der Waals surface area (Å²) in [7, 11) is 0. The molecule has 2 rings (SSSR count). The van der Waals surface area contributed by atoms with Gasteiger partial charge in [-0.1, -0.05) is 0 Å². The number of nitrogens with two attached hydrogens (primary N) is 1. The average molecular weight is 218 g/mol. The van der Waals surface area contributed by atoms with E-state index in [1.54, 1.807) is 0 Å².